The van der Waals surface area contributed by atoms with Gasteiger partial charge in [-0.2, -0.15) is 0 Å². The Morgan fingerprint density at radius 1 is 1.00 bits per heavy atom. The Morgan fingerprint density at radius 2 is 1.18 bits per heavy atom. The van der Waals surface area contributed by atoms with Gasteiger partial charge in [-0.15, -0.1) is 0 Å². The number of rotatable bonds is 3. The molecule has 0 aliphatic rings. The third-order valence-electron chi connectivity index (χ3n) is 2.17. The lowest BCUT2D eigenvalue weighted by molar-refractivity contribution is -0.165. The van der Waals surface area contributed by atoms with Crippen molar-refractivity contribution in [3.8, 4) is 0 Å². The van der Waals surface area contributed by atoms with Crippen molar-refractivity contribution in [3.05, 3.63) is 0 Å². The Hall–Kier alpha value is -1.18. The van der Waals surface area contributed by atoms with Gasteiger partial charge in [-0.25, -0.2) is 9.59 Å². The number of nitrogens with two attached hydrogens (primary N) is 1. The predicted octanol–water partition coefficient (Wildman–Crippen LogP) is -0.743. The molecule has 0 aliphatic heterocycles. The molecule has 3 atom stereocenters. The third kappa shape index (κ3) is 8.61. The molecule has 17 heavy (non-hydrogen) atoms. The van der Waals surface area contributed by atoms with E-state index < -0.39 is 24.1 Å². The molecule has 0 saturated carbocycles. The van der Waals surface area contributed by atoms with Crippen molar-refractivity contribution in [2.24, 2.45) is 11.1 Å². The highest BCUT2D eigenvalue weighted by molar-refractivity contribution is 5.83. The maximum absolute atomic E-state index is 9.77. The Balaban J connectivity index is 0. The molecule has 0 saturated heterocycles. The smallest absolute Gasteiger partial charge is 0.335 e. The van der Waals surface area contributed by atoms with Crippen LogP contribution in [0.1, 0.15) is 27.7 Å². The zero-order valence-electron chi connectivity index (χ0n) is 10.4. The van der Waals surface area contributed by atoms with Crippen LogP contribution in [0.15, 0.2) is 0 Å². The van der Waals surface area contributed by atoms with Gasteiger partial charge in [0, 0.05) is 6.04 Å². The number of aliphatic hydroxyl groups is 2. The van der Waals surface area contributed by atoms with Gasteiger partial charge in [0.05, 0.1) is 0 Å². The van der Waals surface area contributed by atoms with E-state index in [0.717, 1.165) is 0 Å². The van der Waals surface area contributed by atoms with E-state index in [1.165, 1.54) is 0 Å². The van der Waals surface area contributed by atoms with Crippen molar-refractivity contribution in [3.63, 3.8) is 0 Å². The van der Waals surface area contributed by atoms with Gasteiger partial charge in [0.15, 0.2) is 12.2 Å². The minimum atomic E-state index is -2.27. The molecule has 0 aliphatic carbocycles. The number of hydrogen-bond acceptors (Lipinski definition) is 5. The van der Waals surface area contributed by atoms with E-state index in [1.54, 1.807) is 0 Å². The van der Waals surface area contributed by atoms with E-state index in [9.17, 15) is 9.59 Å². The van der Waals surface area contributed by atoms with E-state index in [2.05, 4.69) is 20.8 Å². The molecular weight excluding hydrogens is 230 g/mol. The summed E-state index contributed by atoms with van der Waals surface area (Å²) in [4.78, 5) is 19.5. The quantitative estimate of drug-likeness (QED) is 0.444. The van der Waals surface area contributed by atoms with Crippen LogP contribution in [0.2, 0.25) is 0 Å². The van der Waals surface area contributed by atoms with Crippen LogP contribution in [0.4, 0.5) is 0 Å². The monoisotopic (exact) mass is 251 g/mol. The third-order valence-corrected chi connectivity index (χ3v) is 2.17. The van der Waals surface area contributed by atoms with Crippen LogP contribution in [0.25, 0.3) is 0 Å². The zero-order chi connectivity index (χ0) is 14.4. The molecule has 0 fully saturated rings. The summed E-state index contributed by atoms with van der Waals surface area (Å²) < 4.78 is 0. The molecule has 7 nitrogen and oxygen atoms in total. The second kappa shape index (κ2) is 7.21. The van der Waals surface area contributed by atoms with Gasteiger partial charge in [0.25, 0.3) is 0 Å². The summed E-state index contributed by atoms with van der Waals surface area (Å²) in [7, 11) is 0. The summed E-state index contributed by atoms with van der Waals surface area (Å²) in [5.74, 6) is -3.54. The highest BCUT2D eigenvalue weighted by Crippen LogP contribution is 2.15. The molecule has 7 heteroatoms. The van der Waals surface area contributed by atoms with Crippen LogP contribution < -0.4 is 5.73 Å². The first-order valence-corrected chi connectivity index (χ1v) is 4.98. The largest absolute Gasteiger partial charge is 0.479 e. The topological polar surface area (TPSA) is 141 Å². The average molecular weight is 251 g/mol. The summed E-state index contributed by atoms with van der Waals surface area (Å²) >= 11 is 0. The Labute approximate surface area is 99.9 Å². The number of hydrogen-bond donors (Lipinski definition) is 5. The predicted molar refractivity (Wildman–Crippen MR) is 60.4 cm³/mol. The van der Waals surface area contributed by atoms with E-state index in [1.807, 2.05) is 6.92 Å². The minimum absolute atomic E-state index is 0.278. The molecule has 0 radical (unpaired) electrons. The van der Waals surface area contributed by atoms with Gasteiger partial charge in [0.2, 0.25) is 0 Å². The van der Waals surface area contributed by atoms with E-state index in [0.29, 0.717) is 6.04 Å². The number of aliphatic hydroxyl groups excluding tert-OH is 2. The second-order valence-corrected chi connectivity index (χ2v) is 4.72. The fourth-order valence-electron chi connectivity index (χ4n) is 0.270. The molecule has 0 aromatic heterocycles. The van der Waals surface area contributed by atoms with Crippen LogP contribution in [0.3, 0.4) is 0 Å². The minimum Gasteiger partial charge on any atom is -0.479 e. The Kier molecular flexibility index (Phi) is 7.71. The Morgan fingerprint density at radius 3 is 1.24 bits per heavy atom. The van der Waals surface area contributed by atoms with E-state index >= 15 is 0 Å². The van der Waals surface area contributed by atoms with Gasteiger partial charge >= 0.3 is 11.9 Å². The highest BCUT2D eigenvalue weighted by Gasteiger charge is 2.29. The maximum atomic E-state index is 9.77. The molecule has 0 spiro atoms. The summed E-state index contributed by atoms with van der Waals surface area (Å²) in [6, 6.07) is 0.299. The first kappa shape index (κ1) is 18.2. The lowest BCUT2D eigenvalue weighted by Crippen LogP contribution is -2.39. The first-order chi connectivity index (χ1) is 7.41. The number of aliphatic carboxylic acids is 2. The number of carboxylic acid groups (broad SMARTS) is 2. The summed E-state index contributed by atoms with van der Waals surface area (Å²) in [6.07, 6.45) is -4.53. The van der Waals surface area contributed by atoms with Crippen LogP contribution >= 0.6 is 0 Å². The second-order valence-electron chi connectivity index (χ2n) is 4.72. The van der Waals surface area contributed by atoms with Crippen LogP contribution in [-0.2, 0) is 9.59 Å². The number of carbonyl (C=O) groups is 2. The van der Waals surface area contributed by atoms with Crippen molar-refractivity contribution in [1.82, 2.24) is 0 Å². The van der Waals surface area contributed by atoms with Crippen molar-refractivity contribution in [1.29, 1.82) is 0 Å². The lowest BCUT2D eigenvalue weighted by Gasteiger charge is -2.22. The van der Waals surface area contributed by atoms with E-state index in [-0.39, 0.29) is 5.41 Å². The summed E-state index contributed by atoms with van der Waals surface area (Å²) in [5, 5.41) is 32.5. The Bertz CT molecular complexity index is 240. The fraction of sp³-hybridized carbons (Fsp3) is 0.800. The van der Waals surface area contributed by atoms with Gasteiger partial charge in [-0.3, -0.25) is 0 Å². The zero-order valence-corrected chi connectivity index (χ0v) is 10.4. The van der Waals surface area contributed by atoms with Crippen LogP contribution in [-0.4, -0.2) is 50.6 Å². The molecule has 3 unspecified atom stereocenters. The standard InChI is InChI=1S/C6H15N.C4H6O6/c1-5(7)6(2,3)4;5-1(3(7)8)2(6)4(9)10/h5H,7H2,1-4H3;1-2,5-6H,(H,7,8)(H,9,10). The van der Waals surface area contributed by atoms with Gasteiger partial charge < -0.3 is 26.2 Å². The van der Waals surface area contributed by atoms with Gasteiger partial charge in [0.1, 0.15) is 0 Å². The van der Waals surface area contributed by atoms with Crippen LogP contribution in [0.5, 0.6) is 0 Å². The summed E-state index contributed by atoms with van der Waals surface area (Å²) in [6.45, 7) is 8.44. The van der Waals surface area contributed by atoms with Crippen molar-refractivity contribution in [2.75, 3.05) is 0 Å². The molecule has 0 bridgehead atoms. The van der Waals surface area contributed by atoms with E-state index in [4.69, 9.17) is 26.2 Å². The van der Waals surface area contributed by atoms with Crippen molar-refractivity contribution in [2.45, 2.75) is 45.9 Å². The number of carboxylic acids is 2. The molecule has 0 rings (SSSR count). The SMILES string of the molecule is CC(N)C(C)(C)C.O=C(O)C(O)C(O)C(=O)O. The normalized spacial score (nSPS) is 16.2. The van der Waals surface area contributed by atoms with Crippen molar-refractivity contribution < 1.29 is 30.0 Å². The van der Waals surface area contributed by atoms with Gasteiger partial charge in [-0.1, -0.05) is 20.8 Å². The van der Waals surface area contributed by atoms with Gasteiger partial charge in [-0.05, 0) is 12.3 Å². The maximum Gasteiger partial charge on any atom is 0.335 e. The van der Waals surface area contributed by atoms with Crippen LogP contribution in [0, 0.1) is 5.41 Å². The highest BCUT2D eigenvalue weighted by atomic mass is 16.4. The molecule has 0 amide bonds. The average Bonchev–Trinajstić information content (AvgIpc) is 2.14. The molecular formula is C10H21NO6. The molecule has 0 heterocycles. The lowest BCUT2D eigenvalue weighted by atomic mass is 9.89. The fourth-order valence-corrected chi connectivity index (χ4v) is 0.270. The summed E-state index contributed by atoms with van der Waals surface area (Å²) in [5.41, 5.74) is 5.85. The molecule has 102 valence electrons. The molecule has 6 N–H and O–H groups in total. The van der Waals surface area contributed by atoms with Crippen molar-refractivity contribution >= 4 is 11.9 Å². The first-order valence-electron chi connectivity index (χ1n) is 4.98. The molecule has 0 aromatic carbocycles. The molecule has 0 aromatic rings.